The first-order valence-electron chi connectivity index (χ1n) is 6.91. The minimum Gasteiger partial charge on any atom is -0.399 e. The topological polar surface area (TPSA) is 43.8 Å². The lowest BCUT2D eigenvalue weighted by Gasteiger charge is -2.06. The number of anilines is 1. The van der Waals surface area contributed by atoms with Crippen molar-refractivity contribution in [3.05, 3.63) is 59.4 Å². The predicted octanol–water partition coefficient (Wildman–Crippen LogP) is 3.15. The van der Waals surface area contributed by atoms with Gasteiger partial charge in [-0.15, -0.1) is 6.42 Å². The van der Waals surface area contributed by atoms with E-state index >= 15 is 0 Å². The molecule has 3 aromatic rings. The van der Waals surface area contributed by atoms with E-state index in [1.807, 2.05) is 24.3 Å². The molecule has 0 aliphatic rings. The third kappa shape index (κ3) is 2.61. The zero-order valence-corrected chi connectivity index (χ0v) is 12.0. The van der Waals surface area contributed by atoms with E-state index in [1.165, 1.54) is 11.1 Å². The maximum atomic E-state index is 5.73. The average Bonchev–Trinajstić information content (AvgIpc) is 2.79. The van der Waals surface area contributed by atoms with Crippen molar-refractivity contribution in [2.75, 3.05) is 5.73 Å². The lowest BCUT2D eigenvalue weighted by Crippen LogP contribution is -2.03. The molecule has 3 heteroatoms. The van der Waals surface area contributed by atoms with Crippen LogP contribution in [0.25, 0.3) is 11.0 Å². The molecule has 0 aliphatic carbocycles. The van der Waals surface area contributed by atoms with E-state index in [9.17, 15) is 0 Å². The number of nitrogens with zero attached hydrogens (tertiary/aromatic N) is 2. The van der Waals surface area contributed by atoms with Crippen LogP contribution in [0.4, 0.5) is 5.69 Å². The Kier molecular flexibility index (Phi) is 3.37. The number of benzene rings is 2. The normalized spacial score (nSPS) is 10.7. The summed E-state index contributed by atoms with van der Waals surface area (Å²) < 4.78 is 2.10. The first-order valence-corrected chi connectivity index (χ1v) is 6.91. The Bertz CT molecular complexity index is 820. The van der Waals surface area contributed by atoms with Gasteiger partial charge in [-0.3, -0.25) is 0 Å². The molecular weight excluding hydrogens is 258 g/mol. The number of hydrogen-bond acceptors (Lipinski definition) is 2. The van der Waals surface area contributed by atoms with E-state index < -0.39 is 0 Å². The molecule has 0 saturated heterocycles. The zero-order chi connectivity index (χ0) is 14.8. The van der Waals surface area contributed by atoms with Gasteiger partial charge < -0.3 is 10.3 Å². The molecule has 1 aromatic heterocycles. The maximum absolute atomic E-state index is 5.73. The van der Waals surface area contributed by atoms with Gasteiger partial charge in [0, 0.05) is 12.1 Å². The SMILES string of the molecule is C#CCn1c(Cc2ccc(N)cc2)nc2cc(C)ccc21. The third-order valence-electron chi connectivity index (χ3n) is 3.57. The van der Waals surface area contributed by atoms with Crippen LogP contribution in [0, 0.1) is 19.3 Å². The van der Waals surface area contributed by atoms with E-state index in [-0.39, 0.29) is 0 Å². The molecule has 0 fully saturated rings. The fourth-order valence-corrected chi connectivity index (χ4v) is 2.51. The summed E-state index contributed by atoms with van der Waals surface area (Å²) in [5, 5.41) is 0. The highest BCUT2D eigenvalue weighted by atomic mass is 15.1. The third-order valence-corrected chi connectivity index (χ3v) is 3.57. The van der Waals surface area contributed by atoms with Crippen molar-refractivity contribution in [2.45, 2.75) is 19.9 Å². The summed E-state index contributed by atoms with van der Waals surface area (Å²) in [6.07, 6.45) is 6.25. The number of terminal acetylenes is 1. The molecule has 0 spiro atoms. The molecule has 1 heterocycles. The Balaban J connectivity index is 2.06. The summed E-state index contributed by atoms with van der Waals surface area (Å²) in [5.41, 5.74) is 11.0. The van der Waals surface area contributed by atoms with Crippen molar-refractivity contribution in [2.24, 2.45) is 0 Å². The first-order chi connectivity index (χ1) is 10.2. The quantitative estimate of drug-likeness (QED) is 0.589. The number of rotatable bonds is 3. The molecule has 3 nitrogen and oxygen atoms in total. The van der Waals surface area contributed by atoms with Gasteiger partial charge >= 0.3 is 0 Å². The van der Waals surface area contributed by atoms with Gasteiger partial charge in [-0.1, -0.05) is 24.1 Å². The lowest BCUT2D eigenvalue weighted by atomic mass is 10.1. The maximum Gasteiger partial charge on any atom is 0.115 e. The van der Waals surface area contributed by atoms with Crippen molar-refractivity contribution in [1.29, 1.82) is 0 Å². The van der Waals surface area contributed by atoms with Gasteiger partial charge in [0.25, 0.3) is 0 Å². The molecule has 0 bridgehead atoms. The van der Waals surface area contributed by atoms with E-state index in [0.29, 0.717) is 6.54 Å². The van der Waals surface area contributed by atoms with E-state index in [4.69, 9.17) is 17.1 Å². The van der Waals surface area contributed by atoms with Gasteiger partial charge in [-0.05, 0) is 42.3 Å². The van der Waals surface area contributed by atoms with E-state index in [1.54, 1.807) is 0 Å². The summed E-state index contributed by atoms with van der Waals surface area (Å²) in [4.78, 5) is 4.75. The first kappa shape index (κ1) is 13.3. The molecule has 0 amide bonds. The number of nitrogens with two attached hydrogens (primary N) is 1. The largest absolute Gasteiger partial charge is 0.399 e. The summed E-state index contributed by atoms with van der Waals surface area (Å²) in [6, 6.07) is 14.1. The second-order valence-corrected chi connectivity index (χ2v) is 5.23. The number of imidazole rings is 1. The number of hydrogen-bond donors (Lipinski definition) is 1. The van der Waals surface area contributed by atoms with Crippen LogP contribution < -0.4 is 5.73 Å². The number of nitrogen functional groups attached to an aromatic ring is 1. The van der Waals surface area contributed by atoms with Crippen molar-refractivity contribution >= 4 is 16.7 Å². The van der Waals surface area contributed by atoms with Crippen molar-refractivity contribution in [3.8, 4) is 12.3 Å². The van der Waals surface area contributed by atoms with Crippen LogP contribution in [0.3, 0.4) is 0 Å². The van der Waals surface area contributed by atoms with Crippen LogP contribution in [-0.4, -0.2) is 9.55 Å². The van der Waals surface area contributed by atoms with Crippen LogP contribution in [0.15, 0.2) is 42.5 Å². The Hall–Kier alpha value is -2.73. The second-order valence-electron chi connectivity index (χ2n) is 5.23. The molecular formula is C18H17N3. The molecule has 0 atom stereocenters. The summed E-state index contributed by atoms with van der Waals surface area (Å²) in [6.45, 7) is 2.60. The second kappa shape index (κ2) is 5.34. The van der Waals surface area contributed by atoms with Gasteiger partial charge in [-0.2, -0.15) is 0 Å². The monoisotopic (exact) mass is 275 g/mol. The summed E-state index contributed by atoms with van der Waals surface area (Å²) >= 11 is 0. The van der Waals surface area contributed by atoms with Crippen LogP contribution in [0.5, 0.6) is 0 Å². The number of aromatic nitrogens is 2. The van der Waals surface area contributed by atoms with Crippen molar-refractivity contribution in [1.82, 2.24) is 9.55 Å². The van der Waals surface area contributed by atoms with Crippen LogP contribution in [0.1, 0.15) is 17.0 Å². The van der Waals surface area contributed by atoms with Gasteiger partial charge in [0.1, 0.15) is 5.82 Å². The van der Waals surface area contributed by atoms with Crippen LogP contribution in [0.2, 0.25) is 0 Å². The van der Waals surface area contributed by atoms with Crippen LogP contribution in [-0.2, 0) is 13.0 Å². The average molecular weight is 275 g/mol. The highest BCUT2D eigenvalue weighted by molar-refractivity contribution is 5.77. The fourth-order valence-electron chi connectivity index (χ4n) is 2.51. The highest BCUT2D eigenvalue weighted by Gasteiger charge is 2.10. The molecule has 0 saturated carbocycles. The van der Waals surface area contributed by atoms with Gasteiger partial charge in [-0.25, -0.2) is 4.98 Å². The Morgan fingerprint density at radius 1 is 1.19 bits per heavy atom. The molecule has 2 aromatic carbocycles. The molecule has 0 unspecified atom stereocenters. The fraction of sp³-hybridized carbons (Fsp3) is 0.167. The van der Waals surface area contributed by atoms with Gasteiger partial charge in [0.15, 0.2) is 0 Å². The summed E-state index contributed by atoms with van der Waals surface area (Å²) in [7, 11) is 0. The molecule has 21 heavy (non-hydrogen) atoms. The predicted molar refractivity (Wildman–Crippen MR) is 87.0 cm³/mol. The molecule has 0 radical (unpaired) electrons. The highest BCUT2D eigenvalue weighted by Crippen LogP contribution is 2.20. The van der Waals surface area contributed by atoms with Gasteiger partial charge in [0.05, 0.1) is 17.6 Å². The summed E-state index contributed by atoms with van der Waals surface area (Å²) in [5.74, 6) is 3.70. The van der Waals surface area contributed by atoms with Crippen LogP contribution >= 0.6 is 0 Å². The minimum absolute atomic E-state index is 0.532. The Labute approximate surface area is 124 Å². The lowest BCUT2D eigenvalue weighted by molar-refractivity contribution is 0.794. The Morgan fingerprint density at radius 3 is 2.67 bits per heavy atom. The van der Waals surface area contributed by atoms with Gasteiger partial charge in [0.2, 0.25) is 0 Å². The smallest absolute Gasteiger partial charge is 0.115 e. The van der Waals surface area contributed by atoms with E-state index in [0.717, 1.165) is 29.0 Å². The van der Waals surface area contributed by atoms with E-state index in [2.05, 4.69) is 35.6 Å². The number of fused-ring (bicyclic) bond motifs is 1. The molecule has 104 valence electrons. The zero-order valence-electron chi connectivity index (χ0n) is 12.0. The van der Waals surface area contributed by atoms with Crippen molar-refractivity contribution in [3.63, 3.8) is 0 Å². The molecule has 0 aliphatic heterocycles. The standard InChI is InChI=1S/C18H17N3/c1-3-10-21-17-9-4-13(2)11-16(17)20-18(21)12-14-5-7-15(19)8-6-14/h1,4-9,11H,10,12,19H2,2H3. The molecule has 3 rings (SSSR count). The Morgan fingerprint density at radius 2 is 1.95 bits per heavy atom. The van der Waals surface area contributed by atoms with Crippen molar-refractivity contribution < 1.29 is 0 Å². The minimum atomic E-state index is 0.532. The number of aryl methyl sites for hydroxylation is 1. The molecule has 2 N–H and O–H groups in total.